The summed E-state index contributed by atoms with van der Waals surface area (Å²) in [5, 5.41) is 3.76. The molecule has 1 N–H and O–H groups in total. The monoisotopic (exact) mass is 348 g/mol. The highest BCUT2D eigenvalue weighted by Gasteiger charge is 2.27. The Morgan fingerprint density at radius 2 is 1.92 bits per heavy atom. The Kier molecular flexibility index (Phi) is 5.08. The fourth-order valence-electron chi connectivity index (χ4n) is 2.18. The molecule has 0 spiro atoms. The number of para-hydroxylation sites is 3. The summed E-state index contributed by atoms with van der Waals surface area (Å²) >= 11 is 0. The van der Waals surface area contributed by atoms with E-state index >= 15 is 0 Å². The second-order valence-corrected chi connectivity index (χ2v) is 5.01. The van der Waals surface area contributed by atoms with Crippen molar-refractivity contribution in [1.82, 2.24) is 5.43 Å². The van der Waals surface area contributed by atoms with Gasteiger partial charge >= 0.3 is 6.61 Å². The summed E-state index contributed by atoms with van der Waals surface area (Å²) in [7, 11) is 0. The molecule has 0 unspecified atom stereocenters. The van der Waals surface area contributed by atoms with Crippen molar-refractivity contribution in [3.8, 4) is 17.2 Å². The van der Waals surface area contributed by atoms with Crippen LogP contribution in [0.5, 0.6) is 17.2 Å². The Bertz CT molecular complexity index is 783. The summed E-state index contributed by atoms with van der Waals surface area (Å²) in [5.74, 6) is 0.473. The highest BCUT2D eigenvalue weighted by atomic mass is 19.3. The molecule has 8 heteroatoms. The van der Waals surface area contributed by atoms with Gasteiger partial charge in [-0.2, -0.15) is 13.9 Å². The van der Waals surface area contributed by atoms with E-state index in [0.717, 1.165) is 0 Å². The summed E-state index contributed by atoms with van der Waals surface area (Å²) < 4.78 is 40.1. The van der Waals surface area contributed by atoms with E-state index < -0.39 is 18.6 Å². The van der Waals surface area contributed by atoms with Crippen molar-refractivity contribution in [2.75, 3.05) is 6.61 Å². The predicted molar refractivity (Wildman–Crippen MR) is 85.2 cm³/mol. The first-order valence-corrected chi connectivity index (χ1v) is 7.39. The van der Waals surface area contributed by atoms with Gasteiger partial charge in [-0.1, -0.05) is 24.3 Å². The lowest BCUT2D eigenvalue weighted by Crippen LogP contribution is -2.42. The van der Waals surface area contributed by atoms with Gasteiger partial charge in [-0.25, -0.2) is 5.43 Å². The van der Waals surface area contributed by atoms with Gasteiger partial charge in [-0.15, -0.1) is 0 Å². The molecule has 0 radical (unpaired) electrons. The van der Waals surface area contributed by atoms with Gasteiger partial charge in [0.05, 0.1) is 6.21 Å². The summed E-state index contributed by atoms with van der Waals surface area (Å²) in [6, 6.07) is 13.1. The second-order valence-electron chi connectivity index (χ2n) is 5.01. The lowest BCUT2D eigenvalue weighted by atomic mass is 10.2. The van der Waals surface area contributed by atoms with Crippen LogP contribution in [0.3, 0.4) is 0 Å². The van der Waals surface area contributed by atoms with Crippen LogP contribution < -0.4 is 19.6 Å². The molecule has 3 rings (SSSR count). The molecule has 1 aliphatic rings. The van der Waals surface area contributed by atoms with Crippen molar-refractivity contribution < 1.29 is 27.8 Å². The van der Waals surface area contributed by atoms with E-state index in [-0.39, 0.29) is 12.4 Å². The van der Waals surface area contributed by atoms with Gasteiger partial charge in [0.15, 0.2) is 11.5 Å². The Labute approximate surface area is 142 Å². The van der Waals surface area contributed by atoms with Crippen LogP contribution in [-0.4, -0.2) is 31.4 Å². The first-order valence-electron chi connectivity index (χ1n) is 7.39. The molecule has 2 aromatic rings. The molecule has 2 aromatic carbocycles. The first kappa shape index (κ1) is 16.7. The first-order chi connectivity index (χ1) is 12.1. The lowest BCUT2D eigenvalue weighted by molar-refractivity contribution is -0.130. The van der Waals surface area contributed by atoms with Crippen molar-refractivity contribution in [2.24, 2.45) is 5.10 Å². The minimum Gasteiger partial charge on any atom is -0.485 e. The number of benzene rings is 2. The summed E-state index contributed by atoms with van der Waals surface area (Å²) in [6.45, 7) is -2.90. The van der Waals surface area contributed by atoms with Crippen LogP contribution in [-0.2, 0) is 4.79 Å². The average Bonchev–Trinajstić information content (AvgIpc) is 2.62. The maximum absolute atomic E-state index is 12.3. The van der Waals surface area contributed by atoms with Crippen LogP contribution in [0.4, 0.5) is 8.78 Å². The van der Waals surface area contributed by atoms with E-state index in [1.165, 1.54) is 18.3 Å². The van der Waals surface area contributed by atoms with Crippen LogP contribution in [0.25, 0.3) is 0 Å². The normalized spacial score (nSPS) is 16.0. The zero-order valence-electron chi connectivity index (χ0n) is 12.9. The number of ether oxygens (including phenoxy) is 3. The lowest BCUT2D eigenvalue weighted by Gasteiger charge is -2.24. The smallest absolute Gasteiger partial charge is 0.387 e. The van der Waals surface area contributed by atoms with Gasteiger partial charge in [-0.05, 0) is 24.3 Å². The predicted octanol–water partition coefficient (Wildman–Crippen LogP) is 2.58. The number of fused-ring (bicyclic) bond motifs is 1. The van der Waals surface area contributed by atoms with E-state index in [4.69, 9.17) is 9.47 Å². The minimum atomic E-state index is -2.95. The molecule has 6 nitrogen and oxygen atoms in total. The summed E-state index contributed by atoms with van der Waals surface area (Å²) in [6.07, 6.45) is 0.354. The third-order valence-corrected chi connectivity index (χ3v) is 3.31. The Morgan fingerprint density at radius 3 is 2.72 bits per heavy atom. The van der Waals surface area contributed by atoms with Gasteiger partial charge in [0, 0.05) is 5.56 Å². The van der Waals surface area contributed by atoms with Crippen LogP contribution in [0.15, 0.2) is 53.6 Å². The van der Waals surface area contributed by atoms with Crippen molar-refractivity contribution in [1.29, 1.82) is 0 Å². The molecule has 1 atom stereocenters. The highest BCUT2D eigenvalue weighted by molar-refractivity contribution is 5.86. The van der Waals surface area contributed by atoms with E-state index in [2.05, 4.69) is 15.3 Å². The molecular weight excluding hydrogens is 334 g/mol. The molecule has 0 fully saturated rings. The number of amides is 1. The maximum Gasteiger partial charge on any atom is 0.387 e. The van der Waals surface area contributed by atoms with E-state index in [0.29, 0.717) is 17.1 Å². The molecule has 25 heavy (non-hydrogen) atoms. The number of alkyl halides is 2. The molecule has 0 saturated carbocycles. The number of nitrogens with one attached hydrogen (secondary N) is 1. The molecule has 0 saturated heterocycles. The van der Waals surface area contributed by atoms with E-state index in [9.17, 15) is 13.6 Å². The van der Waals surface area contributed by atoms with Gasteiger partial charge < -0.3 is 14.2 Å². The minimum absolute atomic E-state index is 0.0401. The summed E-state index contributed by atoms with van der Waals surface area (Å²) in [5.41, 5.74) is 2.59. The SMILES string of the molecule is O=C(N/N=C\c1ccccc1OC(F)F)[C@@H]1COc2ccccc2O1. The van der Waals surface area contributed by atoms with Crippen molar-refractivity contribution >= 4 is 12.1 Å². The van der Waals surface area contributed by atoms with Crippen LogP contribution >= 0.6 is 0 Å². The van der Waals surface area contributed by atoms with Gasteiger partial charge in [0.2, 0.25) is 6.10 Å². The molecular formula is C17H14F2N2O4. The maximum atomic E-state index is 12.3. The third-order valence-electron chi connectivity index (χ3n) is 3.31. The fraction of sp³-hybridized carbons (Fsp3) is 0.176. The zero-order chi connectivity index (χ0) is 17.6. The Hall–Kier alpha value is -3.16. The van der Waals surface area contributed by atoms with Crippen LogP contribution in [0.2, 0.25) is 0 Å². The van der Waals surface area contributed by atoms with E-state index in [1.54, 1.807) is 36.4 Å². The van der Waals surface area contributed by atoms with Gasteiger partial charge in [-0.3, -0.25) is 4.79 Å². The standard InChI is InChI=1S/C17H14F2N2O4/c18-17(19)25-12-6-2-1-5-11(12)9-20-21-16(22)15-10-23-13-7-3-4-8-14(13)24-15/h1-9,15,17H,10H2,(H,21,22)/b20-9-/t15-/m0/s1. The van der Waals surface area contributed by atoms with Gasteiger partial charge in [0.25, 0.3) is 5.91 Å². The van der Waals surface area contributed by atoms with Crippen molar-refractivity contribution in [2.45, 2.75) is 12.7 Å². The van der Waals surface area contributed by atoms with Gasteiger partial charge in [0.1, 0.15) is 12.4 Å². The topological polar surface area (TPSA) is 69.2 Å². The van der Waals surface area contributed by atoms with E-state index in [1.807, 2.05) is 0 Å². The van der Waals surface area contributed by atoms with Crippen LogP contribution in [0, 0.1) is 0 Å². The molecule has 1 amide bonds. The number of halogens is 2. The van der Waals surface area contributed by atoms with Crippen molar-refractivity contribution in [3.63, 3.8) is 0 Å². The quantitative estimate of drug-likeness (QED) is 0.666. The Balaban J connectivity index is 1.61. The molecule has 0 aliphatic carbocycles. The molecule has 1 aliphatic heterocycles. The molecule has 0 bridgehead atoms. The number of hydrazone groups is 1. The molecule has 130 valence electrons. The van der Waals surface area contributed by atoms with Crippen LogP contribution in [0.1, 0.15) is 5.56 Å². The number of carbonyl (C=O) groups excluding carboxylic acids is 1. The second kappa shape index (κ2) is 7.61. The zero-order valence-corrected chi connectivity index (χ0v) is 12.9. The fourth-order valence-corrected chi connectivity index (χ4v) is 2.18. The number of nitrogens with zero attached hydrogens (tertiary/aromatic N) is 1. The number of hydrogen-bond donors (Lipinski definition) is 1. The largest absolute Gasteiger partial charge is 0.485 e. The molecule has 0 aromatic heterocycles. The number of carbonyl (C=O) groups is 1. The number of rotatable bonds is 5. The average molecular weight is 348 g/mol. The summed E-state index contributed by atoms with van der Waals surface area (Å²) in [4.78, 5) is 12.1. The third kappa shape index (κ3) is 4.23. The molecule has 1 heterocycles. The Morgan fingerprint density at radius 1 is 1.20 bits per heavy atom. The number of hydrogen-bond acceptors (Lipinski definition) is 5. The van der Waals surface area contributed by atoms with Crippen molar-refractivity contribution in [3.05, 3.63) is 54.1 Å². The highest BCUT2D eigenvalue weighted by Crippen LogP contribution is 2.30.